The predicted molar refractivity (Wildman–Crippen MR) is 78.7 cm³/mol. The van der Waals surface area contributed by atoms with E-state index in [0.29, 0.717) is 24.5 Å². The van der Waals surface area contributed by atoms with Crippen LogP contribution in [0.15, 0.2) is 18.2 Å². The predicted octanol–water partition coefficient (Wildman–Crippen LogP) is 2.33. The zero-order valence-corrected chi connectivity index (χ0v) is 12.3. The quantitative estimate of drug-likeness (QED) is 0.892. The molecule has 1 atom stereocenters. The van der Waals surface area contributed by atoms with Crippen molar-refractivity contribution >= 4 is 17.7 Å². The van der Waals surface area contributed by atoms with E-state index in [1.807, 2.05) is 25.1 Å². The summed E-state index contributed by atoms with van der Waals surface area (Å²) in [6.07, 6.45) is 0.836. The number of urea groups is 1. The van der Waals surface area contributed by atoms with Gasteiger partial charge in [-0.05, 0) is 37.0 Å². The van der Waals surface area contributed by atoms with Gasteiger partial charge in [0.15, 0.2) is 0 Å². The molecule has 0 radical (unpaired) electrons. The second-order valence-electron chi connectivity index (χ2n) is 5.33. The lowest BCUT2D eigenvalue weighted by Crippen LogP contribution is -2.33. The summed E-state index contributed by atoms with van der Waals surface area (Å²) in [6.45, 7) is 3.00. The Balaban J connectivity index is 1.99. The first-order valence-corrected chi connectivity index (χ1v) is 6.92. The van der Waals surface area contributed by atoms with Crippen LogP contribution in [-0.2, 0) is 4.79 Å². The number of carbonyl (C=O) groups excluding carboxylic acids is 1. The van der Waals surface area contributed by atoms with Gasteiger partial charge in [-0.1, -0.05) is 6.07 Å². The number of hydrogen-bond acceptors (Lipinski definition) is 3. The summed E-state index contributed by atoms with van der Waals surface area (Å²) in [7, 11) is 1.55. The molecule has 0 aromatic heterocycles. The number of anilines is 1. The highest BCUT2D eigenvalue weighted by molar-refractivity contribution is 5.91. The maximum absolute atomic E-state index is 12.2. The molecule has 2 N–H and O–H groups in total. The molecule has 6 heteroatoms. The van der Waals surface area contributed by atoms with E-state index in [2.05, 4.69) is 5.32 Å². The number of rotatable bonds is 4. The van der Waals surface area contributed by atoms with E-state index in [-0.39, 0.29) is 18.4 Å². The van der Waals surface area contributed by atoms with Crippen LogP contribution in [-0.4, -0.2) is 42.2 Å². The zero-order chi connectivity index (χ0) is 15.4. The van der Waals surface area contributed by atoms with Crippen molar-refractivity contribution in [2.45, 2.75) is 19.8 Å². The van der Waals surface area contributed by atoms with Gasteiger partial charge in [0.05, 0.1) is 12.8 Å². The fourth-order valence-corrected chi connectivity index (χ4v) is 2.54. The molecule has 1 aliphatic rings. The van der Waals surface area contributed by atoms with E-state index in [1.165, 1.54) is 0 Å². The molecule has 1 fully saturated rings. The first kappa shape index (κ1) is 15.2. The molecule has 2 amide bonds. The Morgan fingerprint density at radius 1 is 1.48 bits per heavy atom. The number of carboxylic acids is 1. The largest absolute Gasteiger partial charge is 0.495 e. The van der Waals surface area contributed by atoms with Crippen molar-refractivity contribution in [3.8, 4) is 5.75 Å². The number of nitrogens with one attached hydrogen (secondary N) is 1. The third-order valence-electron chi connectivity index (χ3n) is 3.63. The smallest absolute Gasteiger partial charge is 0.321 e. The van der Waals surface area contributed by atoms with Crippen molar-refractivity contribution in [3.63, 3.8) is 0 Å². The fourth-order valence-electron chi connectivity index (χ4n) is 2.54. The van der Waals surface area contributed by atoms with E-state index in [9.17, 15) is 9.59 Å². The third-order valence-corrected chi connectivity index (χ3v) is 3.63. The van der Waals surface area contributed by atoms with Gasteiger partial charge >= 0.3 is 12.0 Å². The number of ether oxygens (including phenoxy) is 1. The summed E-state index contributed by atoms with van der Waals surface area (Å²) in [5.74, 6) is -0.175. The van der Waals surface area contributed by atoms with E-state index in [0.717, 1.165) is 12.0 Å². The molecule has 0 bridgehead atoms. The number of methoxy groups -OCH3 is 1. The van der Waals surface area contributed by atoms with Gasteiger partial charge in [0.25, 0.3) is 0 Å². The minimum atomic E-state index is -0.817. The van der Waals surface area contributed by atoms with Crippen LogP contribution in [0.5, 0.6) is 5.75 Å². The standard InChI is InChI=1S/C15H20N2O4/c1-10-3-4-13(21-2)12(7-10)16-15(20)17-6-5-11(9-17)8-14(18)19/h3-4,7,11H,5-6,8-9H2,1-2H3,(H,16,20)(H,18,19). The van der Waals surface area contributed by atoms with Crippen molar-refractivity contribution in [2.75, 3.05) is 25.5 Å². The minimum Gasteiger partial charge on any atom is -0.495 e. The number of aliphatic carboxylic acids is 1. The van der Waals surface area contributed by atoms with Crippen molar-refractivity contribution in [1.82, 2.24) is 4.90 Å². The molecule has 0 spiro atoms. The summed E-state index contributed by atoms with van der Waals surface area (Å²) in [5.41, 5.74) is 1.65. The topological polar surface area (TPSA) is 78.9 Å². The number of benzene rings is 1. The third kappa shape index (κ3) is 3.87. The van der Waals surface area contributed by atoms with E-state index in [4.69, 9.17) is 9.84 Å². The van der Waals surface area contributed by atoms with Crippen LogP contribution in [0.2, 0.25) is 0 Å². The van der Waals surface area contributed by atoms with Gasteiger partial charge in [-0.2, -0.15) is 0 Å². The lowest BCUT2D eigenvalue weighted by molar-refractivity contribution is -0.138. The number of aryl methyl sites for hydroxylation is 1. The van der Waals surface area contributed by atoms with Crippen LogP contribution in [0.1, 0.15) is 18.4 Å². The molecule has 0 saturated carbocycles. The Morgan fingerprint density at radius 3 is 2.90 bits per heavy atom. The molecule has 1 unspecified atom stereocenters. The van der Waals surface area contributed by atoms with Crippen molar-refractivity contribution in [2.24, 2.45) is 5.92 Å². The van der Waals surface area contributed by atoms with Crippen LogP contribution in [0.4, 0.5) is 10.5 Å². The number of hydrogen-bond donors (Lipinski definition) is 2. The molecular formula is C15H20N2O4. The van der Waals surface area contributed by atoms with Crippen molar-refractivity contribution in [3.05, 3.63) is 23.8 Å². The summed E-state index contributed by atoms with van der Waals surface area (Å²) in [6, 6.07) is 5.35. The monoisotopic (exact) mass is 292 g/mol. The lowest BCUT2D eigenvalue weighted by Gasteiger charge is -2.18. The molecule has 1 aromatic rings. The summed E-state index contributed by atoms with van der Waals surface area (Å²) in [4.78, 5) is 24.6. The van der Waals surface area contributed by atoms with E-state index >= 15 is 0 Å². The normalized spacial score (nSPS) is 17.6. The first-order valence-electron chi connectivity index (χ1n) is 6.92. The highest BCUT2D eigenvalue weighted by Crippen LogP contribution is 2.26. The number of nitrogens with zero attached hydrogens (tertiary/aromatic N) is 1. The maximum Gasteiger partial charge on any atom is 0.321 e. The van der Waals surface area contributed by atoms with Crippen LogP contribution in [0, 0.1) is 12.8 Å². The lowest BCUT2D eigenvalue weighted by atomic mass is 10.1. The molecule has 6 nitrogen and oxygen atoms in total. The molecule has 1 aromatic carbocycles. The van der Waals surface area contributed by atoms with Gasteiger partial charge in [0, 0.05) is 19.5 Å². The Hall–Kier alpha value is -2.24. The number of carbonyl (C=O) groups is 2. The van der Waals surface area contributed by atoms with Gasteiger partial charge in [-0.25, -0.2) is 4.79 Å². The van der Waals surface area contributed by atoms with Crippen LogP contribution in [0.3, 0.4) is 0 Å². The molecule has 1 aliphatic heterocycles. The van der Waals surface area contributed by atoms with E-state index in [1.54, 1.807) is 12.0 Å². The van der Waals surface area contributed by atoms with Gasteiger partial charge in [-0.3, -0.25) is 4.79 Å². The molecular weight excluding hydrogens is 272 g/mol. The Bertz CT molecular complexity index is 544. The van der Waals surface area contributed by atoms with Crippen LogP contribution in [0.25, 0.3) is 0 Å². The molecule has 114 valence electrons. The summed E-state index contributed by atoms with van der Waals surface area (Å²) < 4.78 is 5.23. The van der Waals surface area contributed by atoms with Crippen molar-refractivity contribution in [1.29, 1.82) is 0 Å². The molecule has 1 saturated heterocycles. The second-order valence-corrected chi connectivity index (χ2v) is 5.33. The minimum absolute atomic E-state index is 0.0349. The van der Waals surface area contributed by atoms with Gasteiger partial charge in [-0.15, -0.1) is 0 Å². The van der Waals surface area contributed by atoms with Crippen LogP contribution < -0.4 is 10.1 Å². The van der Waals surface area contributed by atoms with Crippen LogP contribution >= 0.6 is 0 Å². The number of amides is 2. The number of carboxylic acid groups (broad SMARTS) is 1. The van der Waals surface area contributed by atoms with Gasteiger partial charge < -0.3 is 20.1 Å². The molecule has 0 aliphatic carbocycles. The SMILES string of the molecule is COc1ccc(C)cc1NC(=O)N1CCC(CC(=O)O)C1. The van der Waals surface area contributed by atoms with Crippen molar-refractivity contribution < 1.29 is 19.4 Å². The van der Waals surface area contributed by atoms with Gasteiger partial charge in [0.2, 0.25) is 0 Å². The maximum atomic E-state index is 12.2. The highest BCUT2D eigenvalue weighted by atomic mass is 16.5. The highest BCUT2D eigenvalue weighted by Gasteiger charge is 2.28. The average Bonchev–Trinajstić information content (AvgIpc) is 2.86. The molecule has 2 rings (SSSR count). The molecule has 21 heavy (non-hydrogen) atoms. The first-order chi connectivity index (χ1) is 9.99. The number of likely N-dealkylation sites (tertiary alicyclic amines) is 1. The fraction of sp³-hybridized carbons (Fsp3) is 0.467. The Morgan fingerprint density at radius 2 is 2.24 bits per heavy atom. The average molecular weight is 292 g/mol. The summed E-state index contributed by atoms with van der Waals surface area (Å²) >= 11 is 0. The second kappa shape index (κ2) is 6.47. The Labute approximate surface area is 123 Å². The zero-order valence-electron chi connectivity index (χ0n) is 12.3. The summed E-state index contributed by atoms with van der Waals surface area (Å²) in [5, 5.41) is 11.6. The molecule has 1 heterocycles. The Kier molecular flexibility index (Phi) is 4.67. The van der Waals surface area contributed by atoms with Gasteiger partial charge in [0.1, 0.15) is 5.75 Å². The van der Waals surface area contributed by atoms with E-state index < -0.39 is 5.97 Å².